The van der Waals surface area contributed by atoms with Gasteiger partial charge in [-0.3, -0.25) is 0 Å². The molecule has 0 aliphatic rings. The molecule has 0 aromatic heterocycles. The zero-order valence-electron chi connectivity index (χ0n) is 8.63. The lowest BCUT2D eigenvalue weighted by Gasteiger charge is -2.29. The molecular weight excluding hydrogens is 188 g/mol. The van der Waals surface area contributed by atoms with Gasteiger partial charge in [-0.2, -0.15) is 12.6 Å². The molecule has 0 bridgehead atoms. The molecule has 4 heteroatoms. The van der Waals surface area contributed by atoms with E-state index in [1.165, 1.54) is 0 Å². The molecule has 12 heavy (non-hydrogen) atoms. The Morgan fingerprint density at radius 1 is 1.08 bits per heavy atom. The van der Waals surface area contributed by atoms with Crippen LogP contribution in [0.5, 0.6) is 0 Å². The molecule has 0 atom stereocenters. The minimum atomic E-state index is -1.99. The van der Waals surface area contributed by atoms with E-state index < -0.39 is 8.56 Å². The van der Waals surface area contributed by atoms with E-state index in [1.807, 2.05) is 27.7 Å². The van der Waals surface area contributed by atoms with Crippen molar-refractivity contribution in [2.75, 3.05) is 5.38 Å². The molecule has 0 N–H and O–H groups in total. The van der Waals surface area contributed by atoms with Crippen molar-refractivity contribution in [3.05, 3.63) is 0 Å². The van der Waals surface area contributed by atoms with Crippen LogP contribution in [0.1, 0.15) is 27.7 Å². The van der Waals surface area contributed by atoms with Crippen molar-refractivity contribution in [3.8, 4) is 0 Å². The fourth-order valence-electron chi connectivity index (χ4n) is 1.10. The van der Waals surface area contributed by atoms with E-state index in [2.05, 4.69) is 19.2 Å². The molecule has 0 amide bonds. The van der Waals surface area contributed by atoms with E-state index in [9.17, 15) is 0 Å². The minimum Gasteiger partial charge on any atom is -0.391 e. The Bertz CT molecular complexity index is 118. The highest BCUT2D eigenvalue weighted by Crippen LogP contribution is 2.14. The topological polar surface area (TPSA) is 18.5 Å². The Hall–Kier alpha value is 0.487. The van der Waals surface area contributed by atoms with Crippen LogP contribution in [0, 0.1) is 0 Å². The zero-order chi connectivity index (χ0) is 9.78. The van der Waals surface area contributed by atoms with Gasteiger partial charge in [0.1, 0.15) is 0 Å². The van der Waals surface area contributed by atoms with Crippen molar-refractivity contribution in [1.29, 1.82) is 0 Å². The third kappa shape index (κ3) is 5.19. The molecule has 0 rings (SSSR count). The van der Waals surface area contributed by atoms with Crippen molar-refractivity contribution in [2.24, 2.45) is 0 Å². The Morgan fingerprint density at radius 3 is 1.58 bits per heavy atom. The third-order valence-electron chi connectivity index (χ3n) is 1.26. The summed E-state index contributed by atoms with van der Waals surface area (Å²) in [5, 5.41) is 0.712. The largest absolute Gasteiger partial charge is 0.391 e. The van der Waals surface area contributed by atoms with Crippen LogP contribution >= 0.6 is 12.6 Å². The van der Waals surface area contributed by atoms with Crippen molar-refractivity contribution in [3.63, 3.8) is 0 Å². The number of thiol groups is 1. The first-order valence-corrected chi connectivity index (χ1v) is 7.51. The Labute approximate surface area is 82.3 Å². The normalized spacial score (nSPS) is 13.0. The summed E-state index contributed by atoms with van der Waals surface area (Å²) < 4.78 is 11.5. The summed E-state index contributed by atoms with van der Waals surface area (Å²) in [4.78, 5) is 0. The smallest absolute Gasteiger partial charge is 0.345 e. The molecule has 0 saturated carbocycles. The van der Waals surface area contributed by atoms with Gasteiger partial charge in [0.05, 0.1) is 0 Å². The quantitative estimate of drug-likeness (QED) is 0.552. The molecule has 0 aromatic rings. The summed E-state index contributed by atoms with van der Waals surface area (Å²) in [5.41, 5.74) is 0. The molecule has 0 heterocycles. The highest BCUT2D eigenvalue weighted by Gasteiger charge is 2.32. The summed E-state index contributed by atoms with van der Waals surface area (Å²) in [7, 11) is -1.99. The zero-order valence-corrected chi connectivity index (χ0v) is 10.5. The van der Waals surface area contributed by atoms with Crippen LogP contribution in [0.2, 0.25) is 6.55 Å². The first-order valence-electron chi connectivity index (χ1n) is 4.36. The predicted molar refractivity (Wildman–Crippen MR) is 57.9 cm³/mol. The highest BCUT2D eigenvalue weighted by atomic mass is 32.1. The van der Waals surface area contributed by atoms with Gasteiger partial charge in [-0.05, 0) is 34.2 Å². The van der Waals surface area contributed by atoms with Gasteiger partial charge >= 0.3 is 8.56 Å². The third-order valence-corrected chi connectivity index (χ3v) is 5.49. The van der Waals surface area contributed by atoms with Gasteiger partial charge in [0.25, 0.3) is 0 Å². The maximum atomic E-state index is 5.74. The second-order valence-electron chi connectivity index (χ2n) is 3.63. The van der Waals surface area contributed by atoms with Crippen molar-refractivity contribution in [1.82, 2.24) is 0 Å². The van der Waals surface area contributed by atoms with E-state index in [4.69, 9.17) is 8.85 Å². The summed E-state index contributed by atoms with van der Waals surface area (Å²) in [5.74, 6) is 0. The van der Waals surface area contributed by atoms with Crippen LogP contribution in [-0.4, -0.2) is 26.1 Å². The molecular formula is C8H20O2SSi. The molecule has 0 aliphatic carbocycles. The van der Waals surface area contributed by atoms with Gasteiger partial charge in [-0.15, -0.1) is 0 Å². The summed E-state index contributed by atoms with van der Waals surface area (Å²) >= 11 is 4.26. The van der Waals surface area contributed by atoms with Gasteiger partial charge in [-0.1, -0.05) is 0 Å². The summed E-state index contributed by atoms with van der Waals surface area (Å²) in [6, 6.07) is 0. The maximum Gasteiger partial charge on any atom is 0.345 e. The molecule has 0 aromatic carbocycles. The predicted octanol–water partition coefficient (Wildman–Crippen LogP) is 2.38. The fraction of sp³-hybridized carbons (Fsp3) is 1.00. The number of hydrogen-bond acceptors (Lipinski definition) is 3. The van der Waals surface area contributed by atoms with E-state index in [0.29, 0.717) is 5.38 Å². The van der Waals surface area contributed by atoms with E-state index in [0.717, 1.165) is 0 Å². The van der Waals surface area contributed by atoms with Crippen LogP contribution in [0.4, 0.5) is 0 Å². The lowest BCUT2D eigenvalue weighted by Crippen LogP contribution is -2.45. The molecule has 2 nitrogen and oxygen atoms in total. The SMILES string of the molecule is CC(C)O[Si](C)(CS)OC(C)C. The first-order chi connectivity index (χ1) is 5.39. The van der Waals surface area contributed by atoms with Gasteiger partial charge in [0.15, 0.2) is 0 Å². The van der Waals surface area contributed by atoms with Gasteiger partial charge in [0, 0.05) is 17.6 Å². The summed E-state index contributed by atoms with van der Waals surface area (Å²) in [6.07, 6.45) is 0.458. The average Bonchev–Trinajstić information content (AvgIpc) is 1.83. The lowest BCUT2D eigenvalue weighted by atomic mass is 10.5. The first kappa shape index (κ1) is 12.5. The van der Waals surface area contributed by atoms with Crippen LogP contribution < -0.4 is 0 Å². The number of rotatable bonds is 5. The molecule has 0 spiro atoms. The molecule has 74 valence electrons. The molecule has 0 unspecified atom stereocenters. The molecule has 0 fully saturated rings. The van der Waals surface area contributed by atoms with Gasteiger partial charge in [0.2, 0.25) is 0 Å². The van der Waals surface area contributed by atoms with Crippen LogP contribution in [0.25, 0.3) is 0 Å². The standard InChI is InChI=1S/C8H20O2SSi/c1-7(2)9-12(5,6-11)10-8(3)4/h7-8,11H,6H2,1-5H3. The highest BCUT2D eigenvalue weighted by molar-refractivity contribution is 7.82. The van der Waals surface area contributed by atoms with Crippen molar-refractivity contribution in [2.45, 2.75) is 46.4 Å². The van der Waals surface area contributed by atoms with Crippen LogP contribution in [0.3, 0.4) is 0 Å². The summed E-state index contributed by atoms with van der Waals surface area (Å²) in [6.45, 7) is 10.2. The fourth-order valence-corrected chi connectivity index (χ4v) is 3.75. The molecule has 0 radical (unpaired) electrons. The Morgan fingerprint density at radius 2 is 1.42 bits per heavy atom. The van der Waals surface area contributed by atoms with Crippen molar-refractivity contribution < 1.29 is 8.85 Å². The monoisotopic (exact) mass is 208 g/mol. The van der Waals surface area contributed by atoms with E-state index in [-0.39, 0.29) is 12.2 Å². The van der Waals surface area contributed by atoms with Gasteiger partial charge in [-0.25, -0.2) is 0 Å². The lowest BCUT2D eigenvalue weighted by molar-refractivity contribution is 0.114. The molecule has 0 aliphatic heterocycles. The Kier molecular flexibility index (Phi) is 5.48. The Balaban J connectivity index is 4.04. The maximum absolute atomic E-state index is 5.74. The van der Waals surface area contributed by atoms with Gasteiger partial charge < -0.3 is 8.85 Å². The second kappa shape index (κ2) is 5.27. The van der Waals surface area contributed by atoms with E-state index in [1.54, 1.807) is 0 Å². The second-order valence-corrected chi connectivity index (χ2v) is 7.63. The van der Waals surface area contributed by atoms with Crippen LogP contribution in [-0.2, 0) is 8.85 Å². The molecule has 0 saturated heterocycles. The van der Waals surface area contributed by atoms with Crippen LogP contribution in [0.15, 0.2) is 0 Å². The average molecular weight is 208 g/mol. The number of hydrogen-bond donors (Lipinski definition) is 1. The van der Waals surface area contributed by atoms with E-state index >= 15 is 0 Å². The minimum absolute atomic E-state index is 0.229. The van der Waals surface area contributed by atoms with Crippen molar-refractivity contribution >= 4 is 21.2 Å².